The van der Waals surface area contributed by atoms with Gasteiger partial charge in [-0.1, -0.05) is 6.42 Å². The molecule has 20 heavy (non-hydrogen) atoms. The van der Waals surface area contributed by atoms with Gasteiger partial charge in [0.1, 0.15) is 11.6 Å². The van der Waals surface area contributed by atoms with Crippen molar-refractivity contribution < 1.29 is 13.2 Å². The number of sulfonamides is 1. The highest BCUT2D eigenvalue weighted by atomic mass is 32.2. The van der Waals surface area contributed by atoms with Gasteiger partial charge < -0.3 is 10.5 Å². The lowest BCUT2D eigenvalue weighted by Gasteiger charge is -2.08. The number of nitrogens with zero attached hydrogens (tertiary/aromatic N) is 1. The third kappa shape index (κ3) is 6.74. The van der Waals surface area contributed by atoms with Gasteiger partial charge in [0.25, 0.3) is 0 Å². The van der Waals surface area contributed by atoms with Gasteiger partial charge in [0.2, 0.25) is 10.0 Å². The summed E-state index contributed by atoms with van der Waals surface area (Å²) in [5.41, 5.74) is 5.88. The van der Waals surface area contributed by atoms with Gasteiger partial charge in [-0.05, 0) is 43.7 Å². The summed E-state index contributed by atoms with van der Waals surface area (Å²) < 4.78 is 31.1. The Morgan fingerprint density at radius 1 is 1.20 bits per heavy atom. The van der Waals surface area contributed by atoms with Gasteiger partial charge in [-0.25, -0.2) is 13.7 Å². The maximum atomic E-state index is 11.8. The van der Waals surface area contributed by atoms with E-state index in [9.17, 15) is 8.42 Å². The first-order chi connectivity index (χ1) is 9.57. The van der Waals surface area contributed by atoms with Crippen molar-refractivity contribution in [3.05, 3.63) is 24.3 Å². The molecule has 0 atom stereocenters. The Balaban J connectivity index is 2.33. The number of nitrogens with one attached hydrogen (secondary N) is 1. The summed E-state index contributed by atoms with van der Waals surface area (Å²) in [4.78, 5) is 0. The van der Waals surface area contributed by atoms with Crippen molar-refractivity contribution in [1.82, 2.24) is 5.32 Å². The topological polar surface area (TPSA) is 95.5 Å². The monoisotopic (exact) mass is 300 g/mol. The fraction of sp³-hybridized carbons (Fsp3) is 0.538. The maximum absolute atomic E-state index is 11.8. The van der Waals surface area contributed by atoms with Crippen LogP contribution in [0.25, 0.3) is 0 Å². The lowest BCUT2D eigenvalue weighted by atomic mass is 10.2. The average molecular weight is 300 g/mol. The Kier molecular flexibility index (Phi) is 7.35. The van der Waals surface area contributed by atoms with Crippen LogP contribution in [0, 0.1) is 0 Å². The molecular weight excluding hydrogens is 278 g/mol. The van der Waals surface area contributed by atoms with Gasteiger partial charge in [0.05, 0.1) is 7.11 Å². The Hall–Kier alpha value is -1.31. The van der Waals surface area contributed by atoms with E-state index in [0.29, 0.717) is 24.5 Å². The van der Waals surface area contributed by atoms with Crippen LogP contribution in [0.15, 0.2) is 24.3 Å². The molecular formula is C13H22N3O3S. The lowest BCUT2D eigenvalue weighted by Crippen LogP contribution is -2.24. The molecule has 0 saturated heterocycles. The number of ether oxygens (including phenoxy) is 1. The van der Waals surface area contributed by atoms with E-state index >= 15 is 0 Å². The van der Waals surface area contributed by atoms with E-state index in [2.05, 4.69) is 10.0 Å². The number of anilines is 1. The number of benzene rings is 1. The fourth-order valence-corrected chi connectivity index (χ4v) is 2.53. The largest absolute Gasteiger partial charge is 0.497 e. The molecule has 1 rings (SSSR count). The summed E-state index contributed by atoms with van der Waals surface area (Å²) in [5, 5.41) is 4.03. The zero-order valence-electron chi connectivity index (χ0n) is 11.7. The highest BCUT2D eigenvalue weighted by Crippen LogP contribution is 2.15. The van der Waals surface area contributed by atoms with Crippen LogP contribution in [0.3, 0.4) is 0 Å². The number of hydrogen-bond acceptors (Lipinski definition) is 4. The quantitative estimate of drug-likeness (QED) is 0.633. The van der Waals surface area contributed by atoms with E-state index in [-0.39, 0.29) is 5.88 Å². The van der Waals surface area contributed by atoms with E-state index in [0.717, 1.165) is 19.3 Å². The average Bonchev–Trinajstić information content (AvgIpc) is 2.43. The third-order valence-electron chi connectivity index (χ3n) is 2.64. The van der Waals surface area contributed by atoms with Crippen LogP contribution in [0.2, 0.25) is 0 Å². The molecule has 0 aliphatic heterocycles. The zero-order chi connectivity index (χ0) is 14.8. The second kappa shape index (κ2) is 8.78. The molecule has 0 heterocycles. The summed E-state index contributed by atoms with van der Waals surface area (Å²) in [6, 6.07) is 6.69. The number of unbranched alkanes of at least 4 members (excludes halogenated alkanes) is 2. The predicted molar refractivity (Wildman–Crippen MR) is 80.3 cm³/mol. The van der Waals surface area contributed by atoms with Crippen LogP contribution in [0.1, 0.15) is 19.3 Å². The molecule has 0 spiro atoms. The minimum atomic E-state index is -3.43. The molecule has 0 unspecified atom stereocenters. The van der Waals surface area contributed by atoms with Crippen LogP contribution in [-0.2, 0) is 10.0 Å². The molecule has 0 bridgehead atoms. The molecule has 0 fully saturated rings. The van der Waals surface area contributed by atoms with E-state index in [1.54, 1.807) is 31.4 Å². The lowest BCUT2D eigenvalue weighted by molar-refractivity contribution is 0.415. The van der Waals surface area contributed by atoms with Gasteiger partial charge in [-0.15, -0.1) is 0 Å². The molecule has 0 aliphatic rings. The van der Waals surface area contributed by atoms with Gasteiger partial charge >= 0.3 is 0 Å². The van der Waals surface area contributed by atoms with Gasteiger partial charge in [0.15, 0.2) is 0 Å². The van der Waals surface area contributed by atoms with Crippen molar-refractivity contribution in [1.29, 1.82) is 0 Å². The number of nitrogens with two attached hydrogens (primary N) is 1. The van der Waals surface area contributed by atoms with Crippen molar-refractivity contribution in [2.75, 3.05) is 30.8 Å². The second-order valence-corrected chi connectivity index (χ2v) is 6.06. The molecule has 1 aromatic carbocycles. The summed E-state index contributed by atoms with van der Waals surface area (Å²) in [6.07, 6.45) is 2.80. The summed E-state index contributed by atoms with van der Waals surface area (Å²) >= 11 is 0. The Morgan fingerprint density at radius 2 is 1.90 bits per heavy atom. The molecule has 113 valence electrons. The Bertz CT molecular complexity index is 474. The molecule has 0 amide bonds. The van der Waals surface area contributed by atoms with E-state index in [1.165, 1.54) is 0 Å². The van der Waals surface area contributed by atoms with Crippen molar-refractivity contribution in [2.45, 2.75) is 19.3 Å². The molecule has 3 N–H and O–H groups in total. The maximum Gasteiger partial charge on any atom is 0.247 e. The fourth-order valence-electron chi connectivity index (χ4n) is 1.60. The molecule has 0 aromatic heterocycles. The SMILES string of the molecule is COc1ccc(NS(=O)(=O)C[N]CCCCCN)cc1. The minimum Gasteiger partial charge on any atom is -0.497 e. The van der Waals surface area contributed by atoms with Crippen molar-refractivity contribution >= 4 is 15.7 Å². The molecule has 7 heteroatoms. The molecule has 0 aliphatic carbocycles. The van der Waals surface area contributed by atoms with E-state index in [1.807, 2.05) is 0 Å². The second-order valence-electron chi connectivity index (χ2n) is 4.37. The summed E-state index contributed by atoms with van der Waals surface area (Å²) in [5.74, 6) is 0.458. The van der Waals surface area contributed by atoms with Gasteiger partial charge in [0, 0.05) is 12.2 Å². The van der Waals surface area contributed by atoms with Crippen molar-refractivity contribution in [2.24, 2.45) is 5.73 Å². The van der Waals surface area contributed by atoms with Crippen molar-refractivity contribution in [3.8, 4) is 5.75 Å². The highest BCUT2D eigenvalue weighted by Gasteiger charge is 2.10. The number of methoxy groups -OCH3 is 1. The first-order valence-corrected chi connectivity index (χ1v) is 8.20. The van der Waals surface area contributed by atoms with Gasteiger partial charge in [-0.3, -0.25) is 4.72 Å². The highest BCUT2D eigenvalue weighted by molar-refractivity contribution is 7.92. The van der Waals surface area contributed by atoms with Crippen LogP contribution in [0.4, 0.5) is 5.69 Å². The first kappa shape index (κ1) is 16.7. The minimum absolute atomic E-state index is 0.221. The third-order valence-corrected chi connectivity index (χ3v) is 3.71. The predicted octanol–water partition coefficient (Wildman–Crippen LogP) is 1.13. The van der Waals surface area contributed by atoms with E-state index in [4.69, 9.17) is 10.5 Å². The van der Waals surface area contributed by atoms with Crippen LogP contribution in [0.5, 0.6) is 5.75 Å². The summed E-state index contributed by atoms with van der Waals surface area (Å²) in [7, 11) is -1.87. The van der Waals surface area contributed by atoms with E-state index < -0.39 is 10.0 Å². The van der Waals surface area contributed by atoms with Crippen LogP contribution >= 0.6 is 0 Å². The molecule has 6 nitrogen and oxygen atoms in total. The van der Waals surface area contributed by atoms with Crippen LogP contribution < -0.4 is 20.5 Å². The molecule has 1 aromatic rings. The first-order valence-electron chi connectivity index (χ1n) is 6.55. The standard InChI is InChI=1S/C13H22N3O3S/c1-19-13-7-5-12(6-8-13)16-20(17,18)11-15-10-4-2-3-9-14/h5-8,16H,2-4,9-11,14H2,1H3. The Labute approximate surface area is 120 Å². The Morgan fingerprint density at radius 3 is 2.50 bits per heavy atom. The number of rotatable bonds is 10. The zero-order valence-corrected chi connectivity index (χ0v) is 12.5. The van der Waals surface area contributed by atoms with Crippen LogP contribution in [-0.4, -0.2) is 34.5 Å². The summed E-state index contributed by atoms with van der Waals surface area (Å²) in [6.45, 7) is 1.21. The smallest absolute Gasteiger partial charge is 0.247 e. The molecule has 1 radical (unpaired) electrons. The number of hydrogen-bond donors (Lipinski definition) is 2. The molecule has 0 saturated carbocycles. The normalized spacial score (nSPS) is 11.3. The van der Waals surface area contributed by atoms with Gasteiger partial charge in [-0.2, -0.15) is 0 Å². The van der Waals surface area contributed by atoms with Crippen molar-refractivity contribution in [3.63, 3.8) is 0 Å².